The van der Waals surface area contributed by atoms with E-state index in [9.17, 15) is 0 Å². The van der Waals surface area contributed by atoms with Crippen molar-refractivity contribution in [2.45, 2.75) is 32.0 Å². The molecule has 4 nitrogen and oxygen atoms in total. The lowest BCUT2D eigenvalue weighted by Gasteiger charge is -2.23. The molecule has 26 heavy (non-hydrogen) atoms. The van der Waals surface area contributed by atoms with Crippen molar-refractivity contribution in [1.82, 2.24) is 15.1 Å². The Balaban J connectivity index is 1.55. The van der Waals surface area contributed by atoms with Crippen LogP contribution in [0.3, 0.4) is 0 Å². The van der Waals surface area contributed by atoms with Gasteiger partial charge in [0.2, 0.25) is 0 Å². The molecule has 1 N–H and O–H groups in total. The van der Waals surface area contributed by atoms with Gasteiger partial charge in [0.1, 0.15) is 0 Å². The van der Waals surface area contributed by atoms with Crippen molar-refractivity contribution in [3.05, 3.63) is 78.0 Å². The van der Waals surface area contributed by atoms with Crippen LogP contribution in [0.25, 0.3) is 11.3 Å². The van der Waals surface area contributed by atoms with Crippen LogP contribution in [0.4, 0.5) is 0 Å². The van der Waals surface area contributed by atoms with Crippen molar-refractivity contribution in [3.63, 3.8) is 0 Å². The van der Waals surface area contributed by atoms with Gasteiger partial charge in [-0.15, -0.1) is 0 Å². The third-order valence-electron chi connectivity index (χ3n) is 4.87. The van der Waals surface area contributed by atoms with E-state index in [0.717, 1.165) is 44.8 Å². The van der Waals surface area contributed by atoms with Gasteiger partial charge in [-0.3, -0.25) is 4.68 Å². The van der Waals surface area contributed by atoms with Gasteiger partial charge >= 0.3 is 0 Å². The lowest BCUT2D eigenvalue weighted by atomic mass is 10.1. The molecule has 0 unspecified atom stereocenters. The van der Waals surface area contributed by atoms with Crippen LogP contribution in [0, 0.1) is 0 Å². The van der Waals surface area contributed by atoms with Crippen molar-refractivity contribution in [2.75, 3.05) is 13.2 Å². The summed E-state index contributed by atoms with van der Waals surface area (Å²) in [6.45, 7) is 3.34. The minimum Gasteiger partial charge on any atom is -0.381 e. The highest BCUT2D eigenvalue weighted by Gasteiger charge is 2.16. The molecule has 1 aromatic heterocycles. The first kappa shape index (κ1) is 17.0. The molecule has 2 aromatic carbocycles. The van der Waals surface area contributed by atoms with E-state index in [-0.39, 0.29) is 0 Å². The highest BCUT2D eigenvalue weighted by atomic mass is 16.5. The molecule has 0 radical (unpaired) electrons. The molecule has 134 valence electrons. The first-order chi connectivity index (χ1) is 12.9. The zero-order valence-electron chi connectivity index (χ0n) is 15.0. The van der Waals surface area contributed by atoms with Crippen molar-refractivity contribution < 1.29 is 4.74 Å². The van der Waals surface area contributed by atoms with Crippen molar-refractivity contribution in [1.29, 1.82) is 0 Å². The van der Waals surface area contributed by atoms with Crippen LogP contribution in [0.15, 0.2) is 66.9 Å². The average Bonchev–Trinajstić information content (AvgIpc) is 3.11. The van der Waals surface area contributed by atoms with Crippen LogP contribution >= 0.6 is 0 Å². The number of nitrogens with one attached hydrogen (secondary N) is 1. The van der Waals surface area contributed by atoms with E-state index < -0.39 is 0 Å². The molecule has 0 aliphatic carbocycles. The largest absolute Gasteiger partial charge is 0.381 e. The molecule has 1 aliphatic heterocycles. The molecule has 0 spiro atoms. The Labute approximate surface area is 154 Å². The van der Waals surface area contributed by atoms with E-state index in [1.807, 2.05) is 12.1 Å². The molecule has 0 bridgehead atoms. The van der Waals surface area contributed by atoms with E-state index >= 15 is 0 Å². The molecule has 0 atom stereocenters. The minimum atomic E-state index is 0.532. The van der Waals surface area contributed by atoms with Crippen LogP contribution < -0.4 is 5.32 Å². The molecule has 0 saturated carbocycles. The normalized spacial score (nSPS) is 15.2. The summed E-state index contributed by atoms with van der Waals surface area (Å²) >= 11 is 0. The fourth-order valence-corrected chi connectivity index (χ4v) is 3.44. The predicted molar refractivity (Wildman–Crippen MR) is 104 cm³/mol. The Bertz CT molecular complexity index is 808. The van der Waals surface area contributed by atoms with Gasteiger partial charge < -0.3 is 10.1 Å². The molecule has 0 amide bonds. The standard InChI is InChI=1S/C22H25N3O/c1-3-7-18(8-4-1)16-25-17-20(15-23-21-11-13-26-14-12-21)22(24-25)19-9-5-2-6-10-19/h1-10,17,21,23H,11-16H2. The van der Waals surface area contributed by atoms with Crippen molar-refractivity contribution in [2.24, 2.45) is 0 Å². The Kier molecular flexibility index (Phi) is 5.43. The smallest absolute Gasteiger partial charge is 0.0968 e. The number of benzene rings is 2. The second-order valence-corrected chi connectivity index (χ2v) is 6.82. The Morgan fingerprint density at radius 3 is 2.38 bits per heavy atom. The summed E-state index contributed by atoms with van der Waals surface area (Å²) in [5, 5.41) is 8.58. The number of rotatable bonds is 6. The lowest BCUT2D eigenvalue weighted by molar-refractivity contribution is 0.0776. The topological polar surface area (TPSA) is 39.1 Å². The molecule has 2 heterocycles. The number of aromatic nitrogens is 2. The first-order valence-electron chi connectivity index (χ1n) is 9.35. The van der Waals surface area contributed by atoms with Gasteiger partial charge in [0, 0.05) is 43.1 Å². The van der Waals surface area contributed by atoms with Crippen LogP contribution in [0.2, 0.25) is 0 Å². The quantitative estimate of drug-likeness (QED) is 0.736. The third kappa shape index (κ3) is 4.21. The summed E-state index contributed by atoms with van der Waals surface area (Å²) in [6.07, 6.45) is 4.35. The van der Waals surface area contributed by atoms with E-state index in [2.05, 4.69) is 64.7 Å². The van der Waals surface area contributed by atoms with Crippen molar-refractivity contribution >= 4 is 0 Å². The van der Waals surface area contributed by atoms with Gasteiger partial charge in [-0.1, -0.05) is 60.7 Å². The first-order valence-corrected chi connectivity index (χ1v) is 9.35. The number of ether oxygens (including phenoxy) is 1. The monoisotopic (exact) mass is 347 g/mol. The Morgan fingerprint density at radius 1 is 0.962 bits per heavy atom. The molecule has 3 aromatic rings. The molecular formula is C22H25N3O. The maximum Gasteiger partial charge on any atom is 0.0968 e. The highest BCUT2D eigenvalue weighted by Crippen LogP contribution is 2.23. The molecule has 4 rings (SSSR count). The van der Waals surface area contributed by atoms with Gasteiger partial charge in [0.05, 0.1) is 12.2 Å². The highest BCUT2D eigenvalue weighted by molar-refractivity contribution is 5.62. The Morgan fingerprint density at radius 2 is 1.65 bits per heavy atom. The summed E-state index contributed by atoms with van der Waals surface area (Å²) in [7, 11) is 0. The fourth-order valence-electron chi connectivity index (χ4n) is 3.44. The van der Waals surface area contributed by atoms with Crippen LogP contribution in [-0.4, -0.2) is 29.0 Å². The summed E-state index contributed by atoms with van der Waals surface area (Å²) in [6, 6.07) is 21.5. The van der Waals surface area contributed by atoms with E-state index in [1.165, 1.54) is 16.7 Å². The molecule has 4 heteroatoms. The number of hydrogen-bond donors (Lipinski definition) is 1. The summed E-state index contributed by atoms with van der Waals surface area (Å²) < 4.78 is 7.51. The van der Waals surface area contributed by atoms with Gasteiger partial charge in [0.15, 0.2) is 0 Å². The number of hydrogen-bond acceptors (Lipinski definition) is 3. The van der Waals surface area contributed by atoms with Gasteiger partial charge in [-0.05, 0) is 18.4 Å². The summed E-state index contributed by atoms with van der Waals surface area (Å²) in [5.41, 5.74) is 4.75. The summed E-state index contributed by atoms with van der Waals surface area (Å²) in [4.78, 5) is 0. The van der Waals surface area contributed by atoms with E-state index in [0.29, 0.717) is 6.04 Å². The third-order valence-corrected chi connectivity index (χ3v) is 4.87. The molecule has 1 aliphatic rings. The minimum absolute atomic E-state index is 0.532. The SMILES string of the molecule is c1ccc(Cn2cc(CNC3CCOCC3)c(-c3ccccc3)n2)cc1. The van der Waals surface area contributed by atoms with Crippen LogP contribution in [0.5, 0.6) is 0 Å². The van der Waals surface area contributed by atoms with Crippen LogP contribution in [-0.2, 0) is 17.8 Å². The maximum absolute atomic E-state index is 5.46. The van der Waals surface area contributed by atoms with Gasteiger partial charge in [-0.2, -0.15) is 5.10 Å². The Hall–Kier alpha value is -2.43. The van der Waals surface area contributed by atoms with Crippen molar-refractivity contribution in [3.8, 4) is 11.3 Å². The predicted octanol–water partition coefficient (Wildman–Crippen LogP) is 3.87. The fraction of sp³-hybridized carbons (Fsp3) is 0.318. The zero-order valence-corrected chi connectivity index (χ0v) is 15.0. The van der Waals surface area contributed by atoms with E-state index in [1.54, 1.807) is 0 Å². The zero-order chi connectivity index (χ0) is 17.6. The molecular weight excluding hydrogens is 322 g/mol. The second-order valence-electron chi connectivity index (χ2n) is 6.82. The molecule has 1 fully saturated rings. The second kappa shape index (κ2) is 8.30. The maximum atomic E-state index is 5.46. The summed E-state index contributed by atoms with van der Waals surface area (Å²) in [5.74, 6) is 0. The number of nitrogens with zero attached hydrogens (tertiary/aromatic N) is 2. The van der Waals surface area contributed by atoms with Gasteiger partial charge in [-0.25, -0.2) is 0 Å². The van der Waals surface area contributed by atoms with Gasteiger partial charge in [0.25, 0.3) is 0 Å². The van der Waals surface area contributed by atoms with E-state index in [4.69, 9.17) is 9.84 Å². The lowest BCUT2D eigenvalue weighted by Crippen LogP contribution is -2.34. The average molecular weight is 347 g/mol. The molecule has 1 saturated heterocycles. The van der Waals surface area contributed by atoms with Crippen LogP contribution in [0.1, 0.15) is 24.0 Å².